The minimum Gasteiger partial charge on any atom is -0.369 e. The first-order valence-electron chi connectivity index (χ1n) is 5.04. The summed E-state index contributed by atoms with van der Waals surface area (Å²) in [5.41, 5.74) is 5.48. The van der Waals surface area contributed by atoms with Crippen LogP contribution in [0, 0.1) is 5.92 Å². The summed E-state index contributed by atoms with van der Waals surface area (Å²) in [6, 6.07) is 3.14. The lowest BCUT2D eigenvalue weighted by atomic mass is 10.2. The average Bonchev–Trinajstić information content (AvgIpc) is 2.25. The first-order valence-corrected chi connectivity index (χ1v) is 6.93. The zero-order valence-electron chi connectivity index (χ0n) is 9.47. The van der Waals surface area contributed by atoms with Gasteiger partial charge in [-0.15, -0.1) is 0 Å². The zero-order chi connectivity index (χ0) is 12.2. The number of aromatic nitrogens is 1. The summed E-state index contributed by atoms with van der Waals surface area (Å²) in [5.74, 6) is 0.666. The van der Waals surface area contributed by atoms with Gasteiger partial charge in [-0.05, 0) is 24.6 Å². The maximum Gasteiger partial charge on any atom is 0.179 e. The molecule has 0 saturated carbocycles. The van der Waals surface area contributed by atoms with Crippen LogP contribution in [0.15, 0.2) is 23.2 Å². The third-order valence-electron chi connectivity index (χ3n) is 2.19. The lowest BCUT2D eigenvalue weighted by Crippen LogP contribution is -2.21. The number of pyridine rings is 1. The number of sulfone groups is 1. The number of nitrogens with zero attached hydrogens (tertiary/aromatic N) is 1. The van der Waals surface area contributed by atoms with E-state index in [0.29, 0.717) is 18.9 Å². The topological polar surface area (TPSA) is 85.1 Å². The van der Waals surface area contributed by atoms with Crippen molar-refractivity contribution in [3.63, 3.8) is 0 Å². The van der Waals surface area contributed by atoms with Gasteiger partial charge in [0.25, 0.3) is 0 Å². The number of nitrogens with one attached hydrogen (secondary N) is 1. The van der Waals surface area contributed by atoms with Crippen molar-refractivity contribution in [2.75, 3.05) is 24.7 Å². The van der Waals surface area contributed by atoms with Crippen LogP contribution in [0.25, 0.3) is 0 Å². The molecule has 0 amide bonds. The van der Waals surface area contributed by atoms with E-state index in [1.807, 2.05) is 6.92 Å². The van der Waals surface area contributed by atoms with Gasteiger partial charge >= 0.3 is 0 Å². The zero-order valence-corrected chi connectivity index (χ0v) is 10.3. The van der Waals surface area contributed by atoms with Crippen LogP contribution in [0.1, 0.15) is 6.92 Å². The van der Waals surface area contributed by atoms with Gasteiger partial charge in [0.15, 0.2) is 9.84 Å². The molecule has 0 fully saturated rings. The van der Waals surface area contributed by atoms with Crippen molar-refractivity contribution in [1.29, 1.82) is 0 Å². The molecule has 1 unspecified atom stereocenters. The van der Waals surface area contributed by atoms with E-state index in [-0.39, 0.29) is 10.8 Å². The Labute approximate surface area is 96.0 Å². The van der Waals surface area contributed by atoms with E-state index < -0.39 is 9.84 Å². The van der Waals surface area contributed by atoms with E-state index in [1.54, 1.807) is 12.3 Å². The summed E-state index contributed by atoms with van der Waals surface area (Å²) in [5, 5.41) is 3.00. The van der Waals surface area contributed by atoms with Crippen LogP contribution in [-0.2, 0) is 9.84 Å². The van der Waals surface area contributed by atoms with Crippen LogP contribution in [0.3, 0.4) is 0 Å². The van der Waals surface area contributed by atoms with Gasteiger partial charge in [-0.3, -0.25) is 0 Å². The van der Waals surface area contributed by atoms with E-state index in [0.717, 1.165) is 0 Å². The fourth-order valence-corrected chi connectivity index (χ4v) is 1.98. The quantitative estimate of drug-likeness (QED) is 0.786. The molecule has 3 N–H and O–H groups in total. The number of anilines is 1. The fraction of sp³-hybridized carbons (Fsp3) is 0.500. The second-order valence-corrected chi connectivity index (χ2v) is 5.83. The van der Waals surface area contributed by atoms with Crippen molar-refractivity contribution >= 4 is 15.7 Å². The maximum absolute atomic E-state index is 11.5. The second kappa shape index (κ2) is 5.27. The van der Waals surface area contributed by atoms with Crippen molar-refractivity contribution in [2.24, 2.45) is 11.7 Å². The molecule has 0 aliphatic heterocycles. The first-order chi connectivity index (χ1) is 7.45. The Morgan fingerprint density at radius 2 is 2.25 bits per heavy atom. The van der Waals surface area contributed by atoms with Gasteiger partial charge in [0.2, 0.25) is 0 Å². The molecule has 1 aromatic heterocycles. The number of hydrogen-bond acceptors (Lipinski definition) is 5. The Morgan fingerprint density at radius 1 is 1.56 bits per heavy atom. The molecular formula is C10H17N3O2S. The summed E-state index contributed by atoms with van der Waals surface area (Å²) < 4.78 is 22.9. The van der Waals surface area contributed by atoms with Gasteiger partial charge in [-0.1, -0.05) is 6.92 Å². The molecule has 90 valence electrons. The summed E-state index contributed by atoms with van der Waals surface area (Å²) >= 11 is 0. The SMILES string of the molecule is CC(CN)CNc1ncccc1S(C)(=O)=O. The molecule has 1 heterocycles. The molecule has 1 atom stereocenters. The standard InChI is InChI=1S/C10H17N3O2S/c1-8(6-11)7-13-10-9(16(2,14)15)4-3-5-12-10/h3-5,8H,6-7,11H2,1-2H3,(H,12,13). The molecule has 0 spiro atoms. The molecule has 0 aliphatic rings. The number of rotatable bonds is 5. The Balaban J connectivity index is 2.88. The molecule has 0 aliphatic carbocycles. The molecule has 1 aromatic rings. The highest BCUT2D eigenvalue weighted by molar-refractivity contribution is 7.90. The third-order valence-corrected chi connectivity index (χ3v) is 3.32. The van der Waals surface area contributed by atoms with Gasteiger partial charge in [0, 0.05) is 19.0 Å². The molecule has 16 heavy (non-hydrogen) atoms. The smallest absolute Gasteiger partial charge is 0.179 e. The number of nitrogens with two attached hydrogens (primary N) is 1. The molecule has 6 heteroatoms. The first kappa shape index (κ1) is 12.9. The molecular weight excluding hydrogens is 226 g/mol. The minimum atomic E-state index is -3.24. The largest absolute Gasteiger partial charge is 0.369 e. The van der Waals surface area contributed by atoms with E-state index in [9.17, 15) is 8.42 Å². The monoisotopic (exact) mass is 243 g/mol. The molecule has 1 rings (SSSR count). The van der Waals surface area contributed by atoms with Crippen LogP contribution < -0.4 is 11.1 Å². The highest BCUT2D eigenvalue weighted by Gasteiger charge is 2.13. The number of hydrogen-bond donors (Lipinski definition) is 2. The Kier molecular flexibility index (Phi) is 4.26. The van der Waals surface area contributed by atoms with Gasteiger partial charge in [0.05, 0.1) is 0 Å². The Bertz CT molecular complexity index is 445. The van der Waals surface area contributed by atoms with Crippen LogP contribution in [0.4, 0.5) is 5.82 Å². The summed E-state index contributed by atoms with van der Waals surface area (Å²) in [6.45, 7) is 3.14. The molecule has 0 bridgehead atoms. The summed E-state index contributed by atoms with van der Waals surface area (Å²) in [4.78, 5) is 4.24. The molecule has 0 aromatic carbocycles. The maximum atomic E-state index is 11.5. The summed E-state index contributed by atoms with van der Waals surface area (Å²) in [7, 11) is -3.24. The van der Waals surface area contributed by atoms with Crippen molar-refractivity contribution in [3.8, 4) is 0 Å². The lowest BCUT2D eigenvalue weighted by molar-refractivity contribution is 0.600. The van der Waals surface area contributed by atoms with E-state index in [4.69, 9.17) is 5.73 Å². The van der Waals surface area contributed by atoms with Gasteiger partial charge in [-0.2, -0.15) is 0 Å². The van der Waals surface area contributed by atoms with Crippen molar-refractivity contribution in [1.82, 2.24) is 4.98 Å². The summed E-state index contributed by atoms with van der Waals surface area (Å²) in [6.07, 6.45) is 2.73. The molecule has 0 saturated heterocycles. The fourth-order valence-electron chi connectivity index (χ4n) is 1.18. The van der Waals surface area contributed by atoms with Crippen molar-refractivity contribution in [2.45, 2.75) is 11.8 Å². The molecule has 0 radical (unpaired) electrons. The second-order valence-electron chi connectivity index (χ2n) is 3.84. The third kappa shape index (κ3) is 3.46. The van der Waals surface area contributed by atoms with Crippen LogP contribution in [-0.4, -0.2) is 32.7 Å². The van der Waals surface area contributed by atoms with E-state index in [2.05, 4.69) is 10.3 Å². The Hall–Kier alpha value is -1.14. The highest BCUT2D eigenvalue weighted by atomic mass is 32.2. The van der Waals surface area contributed by atoms with Crippen LogP contribution in [0.5, 0.6) is 0 Å². The predicted molar refractivity (Wildman–Crippen MR) is 64.1 cm³/mol. The van der Waals surface area contributed by atoms with Crippen molar-refractivity contribution in [3.05, 3.63) is 18.3 Å². The lowest BCUT2D eigenvalue weighted by Gasteiger charge is -2.12. The van der Waals surface area contributed by atoms with Crippen LogP contribution >= 0.6 is 0 Å². The minimum absolute atomic E-state index is 0.222. The normalized spacial score (nSPS) is 13.4. The van der Waals surface area contributed by atoms with E-state index in [1.165, 1.54) is 12.3 Å². The van der Waals surface area contributed by atoms with Crippen molar-refractivity contribution < 1.29 is 8.42 Å². The van der Waals surface area contributed by atoms with E-state index >= 15 is 0 Å². The van der Waals surface area contributed by atoms with Gasteiger partial charge in [0.1, 0.15) is 10.7 Å². The Morgan fingerprint density at radius 3 is 2.81 bits per heavy atom. The van der Waals surface area contributed by atoms with Crippen LogP contribution in [0.2, 0.25) is 0 Å². The average molecular weight is 243 g/mol. The molecule has 5 nitrogen and oxygen atoms in total. The van der Waals surface area contributed by atoms with Gasteiger partial charge in [-0.25, -0.2) is 13.4 Å². The highest BCUT2D eigenvalue weighted by Crippen LogP contribution is 2.17. The van der Waals surface area contributed by atoms with Gasteiger partial charge < -0.3 is 11.1 Å². The predicted octanol–water partition coefficient (Wildman–Crippen LogP) is 0.492.